The average Bonchev–Trinajstić information content (AvgIpc) is 2.67. The molecule has 3 aromatic carbocycles. The van der Waals surface area contributed by atoms with Crippen molar-refractivity contribution in [3.63, 3.8) is 0 Å². The monoisotopic (exact) mass is 466 g/mol. The quantitative estimate of drug-likeness (QED) is 0.538. The fourth-order valence-electron chi connectivity index (χ4n) is 2.90. The van der Waals surface area contributed by atoms with E-state index >= 15 is 0 Å². The molecule has 0 atom stereocenters. The third-order valence-electron chi connectivity index (χ3n) is 4.32. The number of primary sulfonamides is 1. The highest BCUT2D eigenvalue weighted by Gasteiger charge is 2.33. The van der Waals surface area contributed by atoms with Crippen molar-refractivity contribution in [2.24, 2.45) is 5.14 Å². The Bertz CT molecular complexity index is 1320. The van der Waals surface area contributed by atoms with Gasteiger partial charge in [0, 0.05) is 5.56 Å². The van der Waals surface area contributed by atoms with Crippen LogP contribution in [0.4, 0.5) is 13.2 Å². The topological polar surface area (TPSA) is 93.2 Å². The maximum absolute atomic E-state index is 13.1. The molecule has 0 saturated heterocycles. The van der Waals surface area contributed by atoms with E-state index in [-0.39, 0.29) is 27.5 Å². The second-order valence-electron chi connectivity index (χ2n) is 6.61. The second kappa shape index (κ2) is 8.23. The maximum atomic E-state index is 13.1. The minimum atomic E-state index is -4.67. The van der Waals surface area contributed by atoms with Crippen molar-refractivity contribution in [1.29, 1.82) is 5.26 Å². The first kappa shape index (κ1) is 22.6. The highest BCUT2D eigenvalue weighted by molar-refractivity contribution is 7.89. The lowest BCUT2D eigenvalue weighted by molar-refractivity contribution is -0.137. The molecule has 0 amide bonds. The molecule has 5 nitrogen and oxygen atoms in total. The zero-order chi connectivity index (χ0) is 23.0. The fraction of sp³-hybridized carbons (Fsp3) is 0.0952. The van der Waals surface area contributed by atoms with E-state index in [0.717, 1.165) is 17.7 Å². The fourth-order valence-corrected chi connectivity index (χ4v) is 3.87. The molecule has 0 unspecified atom stereocenters. The Morgan fingerprint density at radius 2 is 1.77 bits per heavy atom. The normalized spacial score (nSPS) is 11.8. The summed E-state index contributed by atoms with van der Waals surface area (Å²) in [6.07, 6.45) is -4.67. The molecule has 31 heavy (non-hydrogen) atoms. The summed E-state index contributed by atoms with van der Waals surface area (Å²) in [7, 11) is -4.03. The molecule has 0 spiro atoms. The van der Waals surface area contributed by atoms with Gasteiger partial charge in [-0.05, 0) is 48.9 Å². The lowest BCUT2D eigenvalue weighted by Gasteiger charge is -2.14. The van der Waals surface area contributed by atoms with Gasteiger partial charge in [0.05, 0.1) is 21.0 Å². The van der Waals surface area contributed by atoms with Crippen LogP contribution in [0, 0.1) is 18.3 Å². The van der Waals surface area contributed by atoms with Crippen LogP contribution in [0.2, 0.25) is 5.02 Å². The number of rotatable bonds is 4. The first-order valence-corrected chi connectivity index (χ1v) is 10.5. The Morgan fingerprint density at radius 3 is 2.39 bits per heavy atom. The number of ether oxygens (including phenoxy) is 1. The molecule has 0 aliphatic rings. The van der Waals surface area contributed by atoms with Gasteiger partial charge in [-0.2, -0.15) is 18.4 Å². The number of nitriles is 1. The summed E-state index contributed by atoms with van der Waals surface area (Å²) in [5.41, 5.74) is 0.351. The van der Waals surface area contributed by atoms with Crippen LogP contribution in [0.3, 0.4) is 0 Å². The van der Waals surface area contributed by atoms with Gasteiger partial charge >= 0.3 is 6.18 Å². The second-order valence-corrected chi connectivity index (χ2v) is 8.55. The largest absolute Gasteiger partial charge is 0.456 e. The van der Waals surface area contributed by atoms with Crippen LogP contribution in [0.25, 0.3) is 11.1 Å². The molecule has 2 N–H and O–H groups in total. The van der Waals surface area contributed by atoms with Crippen LogP contribution in [0.1, 0.15) is 16.7 Å². The Labute approximate surface area is 181 Å². The van der Waals surface area contributed by atoms with E-state index in [1.165, 1.54) is 30.3 Å². The van der Waals surface area contributed by atoms with Crippen LogP contribution < -0.4 is 9.88 Å². The Balaban J connectivity index is 2.06. The first-order valence-electron chi connectivity index (χ1n) is 8.63. The lowest BCUT2D eigenvalue weighted by atomic mass is 10.0. The van der Waals surface area contributed by atoms with Crippen LogP contribution in [0.15, 0.2) is 59.5 Å². The van der Waals surface area contributed by atoms with Gasteiger partial charge in [-0.15, -0.1) is 0 Å². The number of alkyl halides is 3. The zero-order valence-corrected chi connectivity index (χ0v) is 17.4. The van der Waals surface area contributed by atoms with E-state index in [1.54, 1.807) is 19.1 Å². The molecule has 3 aromatic rings. The van der Waals surface area contributed by atoms with E-state index in [4.69, 9.17) is 21.5 Å². The maximum Gasteiger partial charge on any atom is 0.417 e. The van der Waals surface area contributed by atoms with Crippen molar-refractivity contribution in [3.05, 3.63) is 76.3 Å². The van der Waals surface area contributed by atoms with Gasteiger partial charge in [-0.1, -0.05) is 35.4 Å². The van der Waals surface area contributed by atoms with Crippen LogP contribution in [-0.4, -0.2) is 8.42 Å². The third-order valence-corrected chi connectivity index (χ3v) is 5.62. The van der Waals surface area contributed by atoms with Crippen molar-refractivity contribution in [1.82, 2.24) is 0 Å². The number of halogens is 4. The Kier molecular flexibility index (Phi) is 6.00. The number of nitrogens with two attached hydrogens (primary N) is 1. The molecule has 3 rings (SSSR count). The smallest absolute Gasteiger partial charge is 0.417 e. The minimum absolute atomic E-state index is 0.00787. The van der Waals surface area contributed by atoms with Gasteiger partial charge < -0.3 is 4.74 Å². The number of nitrogens with zero attached hydrogens (tertiary/aromatic N) is 1. The molecule has 10 heteroatoms. The van der Waals surface area contributed by atoms with E-state index in [9.17, 15) is 26.9 Å². The first-order chi connectivity index (χ1) is 14.4. The van der Waals surface area contributed by atoms with E-state index in [1.807, 2.05) is 6.07 Å². The van der Waals surface area contributed by atoms with Crippen molar-refractivity contribution in [2.75, 3.05) is 0 Å². The van der Waals surface area contributed by atoms with Crippen molar-refractivity contribution in [3.8, 4) is 28.7 Å². The predicted molar refractivity (Wildman–Crippen MR) is 109 cm³/mol. The number of aryl methyl sites for hydroxylation is 1. The molecule has 0 radical (unpaired) electrons. The molecule has 0 bridgehead atoms. The van der Waals surface area contributed by atoms with Gasteiger partial charge in [-0.3, -0.25) is 0 Å². The average molecular weight is 467 g/mol. The number of benzene rings is 3. The van der Waals surface area contributed by atoms with Crippen molar-refractivity contribution in [2.45, 2.75) is 18.0 Å². The molecule has 160 valence electrons. The Hall–Kier alpha value is -3.06. The molecule has 0 aliphatic carbocycles. The van der Waals surface area contributed by atoms with Gasteiger partial charge in [0.1, 0.15) is 17.6 Å². The van der Waals surface area contributed by atoms with Crippen LogP contribution >= 0.6 is 11.6 Å². The lowest BCUT2D eigenvalue weighted by Crippen LogP contribution is -2.13. The molecule has 0 fully saturated rings. The summed E-state index contributed by atoms with van der Waals surface area (Å²) in [4.78, 5) is -0.122. The molecule has 0 aliphatic heterocycles. The molecule has 0 saturated carbocycles. The van der Waals surface area contributed by atoms with E-state index in [2.05, 4.69) is 0 Å². The summed E-state index contributed by atoms with van der Waals surface area (Å²) >= 11 is 5.61. The van der Waals surface area contributed by atoms with Gasteiger partial charge in [0.2, 0.25) is 10.0 Å². The molecule has 0 aromatic heterocycles. The van der Waals surface area contributed by atoms with Crippen LogP contribution in [0.5, 0.6) is 11.5 Å². The van der Waals surface area contributed by atoms with Crippen molar-refractivity contribution < 1.29 is 26.3 Å². The summed E-state index contributed by atoms with van der Waals surface area (Å²) in [6, 6.07) is 13.7. The van der Waals surface area contributed by atoms with Gasteiger partial charge in [-0.25, -0.2) is 13.6 Å². The van der Waals surface area contributed by atoms with Gasteiger partial charge in [0.25, 0.3) is 0 Å². The molecular formula is C21H14ClF3N2O3S. The molecular weight excluding hydrogens is 453 g/mol. The number of hydrogen-bond acceptors (Lipinski definition) is 4. The zero-order valence-electron chi connectivity index (χ0n) is 15.9. The highest BCUT2D eigenvalue weighted by atomic mass is 35.5. The SMILES string of the molecule is Cc1ccc(S(N)(=O)=O)c(-c2ccc(Oc3ccc(Cl)c(C(F)(F)F)c3)c(C#N)c2)c1. The standard InChI is InChI=1S/C21H14ClF3N2O3S/c1-12-2-7-20(31(27,28)29)16(8-12)13-3-6-19(14(9-13)11-26)30-15-4-5-18(22)17(10-15)21(23,24)25/h2-10H,1H3,(H2,27,28,29). The summed E-state index contributed by atoms with van der Waals surface area (Å²) in [5.74, 6) is -0.173. The van der Waals surface area contributed by atoms with Crippen LogP contribution in [-0.2, 0) is 16.2 Å². The van der Waals surface area contributed by atoms with E-state index in [0.29, 0.717) is 5.56 Å². The number of hydrogen-bond donors (Lipinski definition) is 1. The summed E-state index contributed by atoms with van der Waals surface area (Å²) in [6.45, 7) is 1.76. The third kappa shape index (κ3) is 4.99. The predicted octanol–water partition coefficient (Wildman–Crippen LogP) is 5.65. The summed E-state index contributed by atoms with van der Waals surface area (Å²) in [5, 5.41) is 14.3. The van der Waals surface area contributed by atoms with Crippen molar-refractivity contribution >= 4 is 21.6 Å². The number of sulfonamides is 1. The highest BCUT2D eigenvalue weighted by Crippen LogP contribution is 2.39. The molecule has 0 heterocycles. The minimum Gasteiger partial charge on any atom is -0.456 e. The summed E-state index contributed by atoms with van der Waals surface area (Å²) < 4.78 is 68.5. The Morgan fingerprint density at radius 1 is 1.06 bits per heavy atom. The van der Waals surface area contributed by atoms with Gasteiger partial charge in [0.15, 0.2) is 0 Å². The van der Waals surface area contributed by atoms with E-state index < -0.39 is 26.8 Å².